The fraction of sp³-hybridized carbons (Fsp3) is 0.294. The molecule has 0 aromatic heterocycles. The molecule has 0 fully saturated rings. The topological polar surface area (TPSA) is 20.2 Å². The van der Waals surface area contributed by atoms with Gasteiger partial charge in [0.05, 0.1) is 0 Å². The second-order valence-electron chi connectivity index (χ2n) is 5.39. The zero-order chi connectivity index (χ0) is 14.2. The van der Waals surface area contributed by atoms with E-state index < -0.39 is 5.60 Å². The van der Waals surface area contributed by atoms with Gasteiger partial charge < -0.3 is 5.11 Å². The van der Waals surface area contributed by atoms with Crippen molar-refractivity contribution in [1.29, 1.82) is 0 Å². The van der Waals surface area contributed by atoms with Crippen LogP contribution in [-0.2, 0) is 5.60 Å². The largest absolute Gasteiger partial charge is 0.381 e. The molecule has 0 saturated heterocycles. The van der Waals surface area contributed by atoms with Crippen LogP contribution < -0.4 is 0 Å². The summed E-state index contributed by atoms with van der Waals surface area (Å²) in [5.74, 6) is -0.320. The summed E-state index contributed by atoms with van der Waals surface area (Å²) in [4.78, 5) is 0. The molecular weight excluding hydrogens is 239 g/mol. The molecule has 1 nitrogen and oxygen atoms in total. The van der Waals surface area contributed by atoms with Gasteiger partial charge in [0.25, 0.3) is 0 Å². The van der Waals surface area contributed by atoms with Gasteiger partial charge in [-0.1, -0.05) is 24.3 Å². The van der Waals surface area contributed by atoms with Crippen molar-refractivity contribution in [3.8, 4) is 0 Å². The molecule has 2 aromatic carbocycles. The second-order valence-corrected chi connectivity index (χ2v) is 5.39. The minimum atomic E-state index is -1.19. The van der Waals surface area contributed by atoms with Crippen LogP contribution >= 0.6 is 0 Å². The fourth-order valence-corrected chi connectivity index (χ4v) is 2.23. The van der Waals surface area contributed by atoms with Crippen LogP contribution in [0.4, 0.5) is 4.39 Å². The highest BCUT2D eigenvalue weighted by molar-refractivity contribution is 5.40. The first-order valence-electron chi connectivity index (χ1n) is 6.38. The molecular formula is C17H19FO. The molecule has 1 N–H and O–H groups in total. The molecule has 0 saturated carbocycles. The molecule has 0 spiro atoms. The van der Waals surface area contributed by atoms with Crippen LogP contribution in [0.2, 0.25) is 0 Å². The Labute approximate surface area is 113 Å². The van der Waals surface area contributed by atoms with Crippen LogP contribution in [0, 0.1) is 26.6 Å². The minimum absolute atomic E-state index is 0.320. The van der Waals surface area contributed by atoms with Gasteiger partial charge in [0.15, 0.2) is 0 Å². The predicted molar refractivity (Wildman–Crippen MR) is 75.7 cm³/mol. The van der Waals surface area contributed by atoms with Crippen LogP contribution in [0.3, 0.4) is 0 Å². The Balaban J connectivity index is 2.54. The van der Waals surface area contributed by atoms with E-state index >= 15 is 0 Å². The van der Waals surface area contributed by atoms with Crippen molar-refractivity contribution >= 4 is 0 Å². The first-order valence-corrected chi connectivity index (χ1v) is 6.38. The third kappa shape index (κ3) is 2.69. The fourth-order valence-electron chi connectivity index (χ4n) is 2.23. The summed E-state index contributed by atoms with van der Waals surface area (Å²) in [5, 5.41) is 10.8. The van der Waals surface area contributed by atoms with Gasteiger partial charge in [-0.05, 0) is 67.6 Å². The third-order valence-electron chi connectivity index (χ3n) is 3.67. The molecule has 100 valence electrons. The van der Waals surface area contributed by atoms with Crippen LogP contribution in [0.1, 0.15) is 34.7 Å². The maximum atomic E-state index is 13.5. The van der Waals surface area contributed by atoms with Crippen molar-refractivity contribution in [3.63, 3.8) is 0 Å². The third-order valence-corrected chi connectivity index (χ3v) is 3.67. The number of rotatable bonds is 2. The van der Waals surface area contributed by atoms with Crippen LogP contribution in [-0.4, -0.2) is 5.11 Å². The van der Waals surface area contributed by atoms with Gasteiger partial charge in [0.2, 0.25) is 0 Å². The van der Waals surface area contributed by atoms with Crippen molar-refractivity contribution in [2.24, 2.45) is 0 Å². The summed E-state index contributed by atoms with van der Waals surface area (Å²) in [7, 11) is 0. The van der Waals surface area contributed by atoms with Gasteiger partial charge in [-0.25, -0.2) is 4.39 Å². The van der Waals surface area contributed by atoms with Crippen molar-refractivity contribution in [2.45, 2.75) is 33.3 Å². The van der Waals surface area contributed by atoms with Gasteiger partial charge in [-0.2, -0.15) is 0 Å². The number of halogens is 1. The van der Waals surface area contributed by atoms with E-state index in [4.69, 9.17) is 0 Å². The Morgan fingerprint density at radius 1 is 0.895 bits per heavy atom. The van der Waals surface area contributed by atoms with E-state index in [2.05, 4.69) is 0 Å². The molecule has 19 heavy (non-hydrogen) atoms. The summed E-state index contributed by atoms with van der Waals surface area (Å²) >= 11 is 0. The SMILES string of the molecule is Cc1cc(F)cc(C(C)(O)c2ccc(C)c(C)c2)c1. The number of aryl methyl sites for hydroxylation is 3. The Morgan fingerprint density at radius 3 is 2.16 bits per heavy atom. The number of hydrogen-bond acceptors (Lipinski definition) is 1. The van der Waals surface area contributed by atoms with Gasteiger partial charge in [-0.3, -0.25) is 0 Å². The van der Waals surface area contributed by atoms with E-state index in [9.17, 15) is 9.50 Å². The van der Waals surface area contributed by atoms with Gasteiger partial charge in [0.1, 0.15) is 11.4 Å². The molecule has 0 radical (unpaired) electrons. The first-order chi connectivity index (χ1) is 8.80. The molecule has 1 unspecified atom stereocenters. The molecule has 2 aromatic rings. The van der Waals surface area contributed by atoms with Crippen molar-refractivity contribution in [1.82, 2.24) is 0 Å². The summed E-state index contributed by atoms with van der Waals surface area (Å²) in [5.41, 5.74) is 3.26. The Hall–Kier alpha value is -1.67. The molecule has 0 amide bonds. The highest BCUT2D eigenvalue weighted by Crippen LogP contribution is 2.31. The summed E-state index contributed by atoms with van der Waals surface area (Å²) < 4.78 is 13.5. The highest BCUT2D eigenvalue weighted by atomic mass is 19.1. The van der Waals surface area contributed by atoms with E-state index in [1.807, 2.05) is 45.0 Å². The maximum Gasteiger partial charge on any atom is 0.123 e. The van der Waals surface area contributed by atoms with Gasteiger partial charge >= 0.3 is 0 Å². The second kappa shape index (κ2) is 4.78. The van der Waals surface area contributed by atoms with E-state index in [0.717, 1.165) is 16.7 Å². The zero-order valence-corrected chi connectivity index (χ0v) is 11.8. The molecule has 2 rings (SSSR count). The van der Waals surface area contributed by atoms with E-state index in [0.29, 0.717) is 5.56 Å². The number of benzene rings is 2. The van der Waals surface area contributed by atoms with Gasteiger partial charge in [0, 0.05) is 0 Å². The highest BCUT2D eigenvalue weighted by Gasteiger charge is 2.26. The zero-order valence-electron chi connectivity index (χ0n) is 11.8. The van der Waals surface area contributed by atoms with Crippen molar-refractivity contribution in [3.05, 3.63) is 70.0 Å². The Morgan fingerprint density at radius 2 is 1.58 bits per heavy atom. The molecule has 0 aliphatic carbocycles. The molecule has 0 aliphatic rings. The average molecular weight is 258 g/mol. The Bertz CT molecular complexity index is 594. The summed E-state index contributed by atoms with van der Waals surface area (Å²) in [6.07, 6.45) is 0. The standard InChI is InChI=1S/C17H19FO/c1-11-7-15(10-16(18)8-11)17(4,19)14-6-5-12(2)13(3)9-14/h5-10,19H,1-4H3. The lowest BCUT2D eigenvalue weighted by molar-refractivity contribution is 0.102. The molecule has 1 atom stereocenters. The lowest BCUT2D eigenvalue weighted by Crippen LogP contribution is -2.23. The maximum absolute atomic E-state index is 13.5. The monoisotopic (exact) mass is 258 g/mol. The minimum Gasteiger partial charge on any atom is -0.381 e. The lowest BCUT2D eigenvalue weighted by atomic mass is 9.86. The smallest absolute Gasteiger partial charge is 0.123 e. The van der Waals surface area contributed by atoms with Crippen LogP contribution in [0.15, 0.2) is 36.4 Å². The normalized spacial score (nSPS) is 14.2. The van der Waals surface area contributed by atoms with Crippen molar-refractivity contribution in [2.75, 3.05) is 0 Å². The average Bonchev–Trinajstić information content (AvgIpc) is 2.31. The van der Waals surface area contributed by atoms with E-state index in [-0.39, 0.29) is 5.82 Å². The van der Waals surface area contributed by atoms with E-state index in [1.165, 1.54) is 17.7 Å². The Kier molecular flexibility index (Phi) is 3.46. The number of aliphatic hydroxyl groups is 1. The van der Waals surface area contributed by atoms with Crippen LogP contribution in [0.25, 0.3) is 0 Å². The summed E-state index contributed by atoms with van der Waals surface area (Å²) in [6, 6.07) is 10.5. The molecule has 2 heteroatoms. The van der Waals surface area contributed by atoms with Gasteiger partial charge in [-0.15, -0.1) is 0 Å². The summed E-state index contributed by atoms with van der Waals surface area (Å²) in [6.45, 7) is 7.56. The predicted octanol–water partition coefficient (Wildman–Crippen LogP) is 4.01. The first kappa shape index (κ1) is 13.8. The number of hydrogen-bond donors (Lipinski definition) is 1. The lowest BCUT2D eigenvalue weighted by Gasteiger charge is -2.26. The van der Waals surface area contributed by atoms with E-state index in [1.54, 1.807) is 6.92 Å². The van der Waals surface area contributed by atoms with Crippen LogP contribution in [0.5, 0.6) is 0 Å². The molecule has 0 aliphatic heterocycles. The van der Waals surface area contributed by atoms with Crippen molar-refractivity contribution < 1.29 is 9.50 Å². The molecule has 0 bridgehead atoms. The quantitative estimate of drug-likeness (QED) is 0.863. The molecule has 0 heterocycles.